The van der Waals surface area contributed by atoms with Crippen LogP contribution in [0, 0.1) is 0 Å². The molecule has 3 aromatic heterocycles. The van der Waals surface area contributed by atoms with Crippen LogP contribution in [0.25, 0.3) is 11.5 Å². The summed E-state index contributed by atoms with van der Waals surface area (Å²) in [5.74, 6) is 0.482. The van der Waals surface area contributed by atoms with Gasteiger partial charge in [0.05, 0.1) is 18.9 Å². The molecule has 26 heavy (non-hydrogen) atoms. The van der Waals surface area contributed by atoms with Gasteiger partial charge in [0.25, 0.3) is 0 Å². The predicted octanol–water partition coefficient (Wildman–Crippen LogP) is 1.23. The maximum Gasteiger partial charge on any atom is 0.246 e. The van der Waals surface area contributed by atoms with Gasteiger partial charge in [0.15, 0.2) is 0 Å². The minimum Gasteiger partial charge on any atom is -0.348 e. The molecule has 0 spiro atoms. The number of nitrogens with zero attached hydrogens (tertiary/aromatic N) is 5. The van der Waals surface area contributed by atoms with Crippen molar-refractivity contribution in [1.29, 1.82) is 0 Å². The second-order valence-corrected chi connectivity index (χ2v) is 5.31. The lowest BCUT2D eigenvalue weighted by Crippen LogP contribution is -2.42. The highest BCUT2D eigenvalue weighted by Crippen LogP contribution is 2.13. The molecule has 0 aliphatic carbocycles. The van der Waals surface area contributed by atoms with Crippen LogP contribution in [0.15, 0.2) is 41.4 Å². The fourth-order valence-corrected chi connectivity index (χ4v) is 2.20. The van der Waals surface area contributed by atoms with Crippen molar-refractivity contribution in [2.24, 2.45) is 5.73 Å². The Labute approximate surface area is 162 Å². The molecule has 3 N–H and O–H groups in total. The Morgan fingerprint density at radius 3 is 2.85 bits per heavy atom. The average molecular weight is 400 g/mol. The molecule has 0 unspecified atom stereocenters. The summed E-state index contributed by atoms with van der Waals surface area (Å²) in [7, 11) is 1.64. The van der Waals surface area contributed by atoms with Gasteiger partial charge in [-0.1, -0.05) is 11.2 Å². The Balaban J connectivity index is 0.00000169. The summed E-state index contributed by atoms with van der Waals surface area (Å²) in [6, 6.07) is 4.75. The molecule has 140 valence electrons. The Morgan fingerprint density at radius 1 is 1.38 bits per heavy atom. The third-order valence-corrected chi connectivity index (χ3v) is 3.42. The van der Waals surface area contributed by atoms with Gasteiger partial charge in [0.1, 0.15) is 5.69 Å². The number of likely N-dealkylation sites (N-methyl/N-ethyl adjacent to an activating group) is 1. The lowest BCUT2D eigenvalue weighted by Gasteiger charge is -2.19. The van der Waals surface area contributed by atoms with E-state index in [0.717, 1.165) is 5.69 Å². The molecule has 0 aliphatic rings. The van der Waals surface area contributed by atoms with Crippen molar-refractivity contribution < 1.29 is 9.32 Å². The smallest absolute Gasteiger partial charge is 0.246 e. The van der Waals surface area contributed by atoms with Crippen molar-refractivity contribution >= 4 is 30.7 Å². The molecule has 0 bridgehead atoms. The van der Waals surface area contributed by atoms with E-state index in [1.54, 1.807) is 37.9 Å². The van der Waals surface area contributed by atoms with E-state index in [0.29, 0.717) is 23.8 Å². The number of pyridine rings is 1. The predicted molar refractivity (Wildman–Crippen MR) is 98.8 cm³/mol. The fraction of sp³-hybridized carbons (Fsp3) is 0.267. The van der Waals surface area contributed by atoms with E-state index in [-0.39, 0.29) is 37.3 Å². The zero-order chi connectivity index (χ0) is 16.9. The number of rotatable bonds is 6. The van der Waals surface area contributed by atoms with Crippen LogP contribution >= 0.6 is 24.8 Å². The number of halogens is 2. The van der Waals surface area contributed by atoms with Crippen LogP contribution in [-0.4, -0.2) is 49.0 Å². The maximum atomic E-state index is 12.3. The van der Waals surface area contributed by atoms with Crippen LogP contribution in [0.5, 0.6) is 0 Å². The zero-order valence-electron chi connectivity index (χ0n) is 13.9. The first-order valence-corrected chi connectivity index (χ1v) is 7.35. The van der Waals surface area contributed by atoms with E-state index < -0.39 is 6.04 Å². The Hall–Kier alpha value is -2.49. The second kappa shape index (κ2) is 9.85. The molecule has 0 fully saturated rings. The number of hydrogen-bond acceptors (Lipinski definition) is 7. The lowest BCUT2D eigenvalue weighted by molar-refractivity contribution is -0.132. The summed E-state index contributed by atoms with van der Waals surface area (Å²) in [6.07, 6.45) is 5.22. The second-order valence-electron chi connectivity index (χ2n) is 5.31. The monoisotopic (exact) mass is 399 g/mol. The normalized spacial score (nSPS) is 11.2. The van der Waals surface area contributed by atoms with E-state index in [4.69, 9.17) is 10.3 Å². The third-order valence-electron chi connectivity index (χ3n) is 3.42. The molecular weight excluding hydrogens is 381 g/mol. The van der Waals surface area contributed by atoms with Crippen LogP contribution in [0.1, 0.15) is 11.6 Å². The Bertz CT molecular complexity index is 795. The number of nitrogens with one attached hydrogen (secondary N) is 1. The van der Waals surface area contributed by atoms with E-state index in [9.17, 15) is 4.79 Å². The van der Waals surface area contributed by atoms with Gasteiger partial charge in [0.2, 0.25) is 17.6 Å². The number of aromatic amines is 1. The standard InChI is InChI=1S/C15H17N7O2.2ClH/c1-22(15(23)11(16)6-10-7-17-9-19-10)8-13-20-14(21-24-13)12-4-2-3-5-18-12;;/h2-5,7,9,11H,6,8,16H2,1H3,(H,17,19);2*1H/t11-;;/m0../s1. The first-order valence-electron chi connectivity index (χ1n) is 7.35. The molecule has 0 radical (unpaired) electrons. The van der Waals surface area contributed by atoms with Gasteiger partial charge >= 0.3 is 0 Å². The van der Waals surface area contributed by atoms with Crippen molar-refractivity contribution in [3.05, 3.63) is 48.5 Å². The number of nitrogens with two attached hydrogens (primary N) is 1. The summed E-state index contributed by atoms with van der Waals surface area (Å²) in [5.41, 5.74) is 7.36. The molecule has 0 aromatic carbocycles. The van der Waals surface area contributed by atoms with Gasteiger partial charge in [-0.15, -0.1) is 24.8 Å². The molecular formula is C15H19Cl2N7O2. The first-order chi connectivity index (χ1) is 11.6. The summed E-state index contributed by atoms with van der Waals surface area (Å²) in [6.45, 7) is 0.176. The minimum atomic E-state index is -0.673. The SMILES string of the molecule is CN(Cc1nc(-c2ccccn2)no1)C(=O)[C@@H](N)Cc1cnc[nH]1.Cl.Cl. The molecule has 3 rings (SSSR count). The number of aromatic nitrogens is 5. The zero-order valence-corrected chi connectivity index (χ0v) is 15.5. The van der Waals surface area contributed by atoms with Gasteiger partial charge in [0, 0.05) is 31.6 Å². The molecule has 9 nitrogen and oxygen atoms in total. The lowest BCUT2D eigenvalue weighted by atomic mass is 10.1. The molecule has 3 aromatic rings. The van der Waals surface area contributed by atoms with Crippen molar-refractivity contribution in [3.8, 4) is 11.5 Å². The van der Waals surface area contributed by atoms with Crippen LogP contribution < -0.4 is 5.73 Å². The summed E-state index contributed by atoms with van der Waals surface area (Å²) < 4.78 is 5.17. The largest absolute Gasteiger partial charge is 0.348 e. The van der Waals surface area contributed by atoms with Gasteiger partial charge in [-0.25, -0.2) is 4.98 Å². The van der Waals surface area contributed by atoms with Crippen LogP contribution in [0.2, 0.25) is 0 Å². The topological polar surface area (TPSA) is 127 Å². The highest BCUT2D eigenvalue weighted by Gasteiger charge is 2.21. The molecule has 3 heterocycles. The molecule has 0 aliphatic heterocycles. The van der Waals surface area contributed by atoms with E-state index in [1.807, 2.05) is 6.07 Å². The van der Waals surface area contributed by atoms with Gasteiger partial charge < -0.3 is 20.1 Å². The fourth-order valence-electron chi connectivity index (χ4n) is 2.20. The summed E-state index contributed by atoms with van der Waals surface area (Å²) >= 11 is 0. The molecule has 11 heteroatoms. The van der Waals surface area contributed by atoms with Crippen molar-refractivity contribution in [2.75, 3.05) is 7.05 Å². The Morgan fingerprint density at radius 2 is 2.19 bits per heavy atom. The Kier molecular flexibility index (Phi) is 8.17. The van der Waals surface area contributed by atoms with Crippen molar-refractivity contribution in [3.63, 3.8) is 0 Å². The minimum absolute atomic E-state index is 0. The number of hydrogen-bond donors (Lipinski definition) is 2. The van der Waals surface area contributed by atoms with Crippen LogP contribution in [0.4, 0.5) is 0 Å². The number of H-pyrrole nitrogens is 1. The highest BCUT2D eigenvalue weighted by atomic mass is 35.5. The molecule has 0 saturated carbocycles. The van der Waals surface area contributed by atoms with Crippen molar-refractivity contribution in [2.45, 2.75) is 19.0 Å². The van der Waals surface area contributed by atoms with E-state index >= 15 is 0 Å². The third kappa shape index (κ3) is 5.25. The van der Waals surface area contributed by atoms with E-state index in [1.165, 1.54) is 4.90 Å². The van der Waals surface area contributed by atoms with Gasteiger partial charge in [-0.05, 0) is 12.1 Å². The molecule has 1 amide bonds. The number of carbonyl (C=O) groups excluding carboxylic acids is 1. The average Bonchev–Trinajstić information content (AvgIpc) is 3.27. The number of imidazole rings is 1. The van der Waals surface area contributed by atoms with Crippen LogP contribution in [0.3, 0.4) is 0 Å². The summed E-state index contributed by atoms with van der Waals surface area (Å²) in [5, 5.41) is 3.87. The molecule has 1 atom stereocenters. The molecule has 0 saturated heterocycles. The number of carbonyl (C=O) groups is 1. The van der Waals surface area contributed by atoms with Crippen LogP contribution in [-0.2, 0) is 17.8 Å². The first kappa shape index (κ1) is 21.6. The van der Waals surface area contributed by atoms with Gasteiger partial charge in [-0.3, -0.25) is 9.78 Å². The van der Waals surface area contributed by atoms with Gasteiger partial charge in [-0.2, -0.15) is 4.98 Å². The summed E-state index contributed by atoms with van der Waals surface area (Å²) in [4.78, 5) is 29.0. The highest BCUT2D eigenvalue weighted by molar-refractivity contribution is 5.85. The van der Waals surface area contributed by atoms with E-state index in [2.05, 4.69) is 25.1 Å². The number of amides is 1. The quantitative estimate of drug-likeness (QED) is 0.637. The van der Waals surface area contributed by atoms with Crippen molar-refractivity contribution in [1.82, 2.24) is 30.0 Å². The maximum absolute atomic E-state index is 12.3.